The molecule has 0 bridgehead atoms. The number of nitrogens with one attached hydrogen (secondary N) is 1. The topological polar surface area (TPSA) is 55.1 Å². The number of para-hydroxylation sites is 1. The number of rotatable bonds is 3. The van der Waals surface area contributed by atoms with Crippen LogP contribution in [0.1, 0.15) is 20.8 Å². The van der Waals surface area contributed by atoms with Gasteiger partial charge in [0.2, 0.25) is 5.91 Å². The third-order valence-corrected chi connectivity index (χ3v) is 3.38. The summed E-state index contributed by atoms with van der Waals surface area (Å²) in [5.41, 5.74) is 6.50. The van der Waals surface area contributed by atoms with E-state index in [0.717, 1.165) is 10.6 Å². The summed E-state index contributed by atoms with van der Waals surface area (Å²) in [6.07, 6.45) is 1.98. The van der Waals surface area contributed by atoms with Crippen LogP contribution >= 0.6 is 11.8 Å². The molecule has 3 N–H and O–H groups in total. The first-order valence-electron chi connectivity index (χ1n) is 5.55. The van der Waals surface area contributed by atoms with Gasteiger partial charge in [-0.1, -0.05) is 32.9 Å². The van der Waals surface area contributed by atoms with E-state index in [9.17, 15) is 4.79 Å². The Morgan fingerprint density at radius 2 is 1.94 bits per heavy atom. The lowest BCUT2D eigenvalue weighted by molar-refractivity contribution is -0.119. The number of hydrogen-bond acceptors (Lipinski definition) is 3. The Labute approximate surface area is 107 Å². The first-order chi connectivity index (χ1) is 7.86. The van der Waals surface area contributed by atoms with Crippen LogP contribution in [0.4, 0.5) is 5.69 Å². The second kappa shape index (κ2) is 5.56. The number of carbonyl (C=O) groups is 1. The predicted molar refractivity (Wildman–Crippen MR) is 74.3 cm³/mol. The van der Waals surface area contributed by atoms with Crippen molar-refractivity contribution in [3.8, 4) is 0 Å². The summed E-state index contributed by atoms with van der Waals surface area (Å²) >= 11 is 1.60. The molecule has 94 valence electrons. The van der Waals surface area contributed by atoms with Crippen molar-refractivity contribution in [2.45, 2.75) is 31.7 Å². The summed E-state index contributed by atoms with van der Waals surface area (Å²) in [5, 5.41) is 2.88. The van der Waals surface area contributed by atoms with Gasteiger partial charge in [0.05, 0.1) is 11.7 Å². The smallest absolute Gasteiger partial charge is 0.241 e. The molecule has 0 aliphatic carbocycles. The summed E-state index contributed by atoms with van der Waals surface area (Å²) in [6, 6.07) is 7.20. The van der Waals surface area contributed by atoms with E-state index in [1.165, 1.54) is 0 Å². The minimum absolute atomic E-state index is 0.140. The molecule has 0 saturated heterocycles. The van der Waals surface area contributed by atoms with Gasteiger partial charge in [0.25, 0.3) is 0 Å². The lowest BCUT2D eigenvalue weighted by atomic mass is 9.87. The van der Waals surface area contributed by atoms with Gasteiger partial charge in [0.15, 0.2) is 0 Å². The first kappa shape index (κ1) is 14.1. The van der Waals surface area contributed by atoms with Gasteiger partial charge in [-0.25, -0.2) is 0 Å². The van der Waals surface area contributed by atoms with Crippen LogP contribution in [-0.4, -0.2) is 18.2 Å². The van der Waals surface area contributed by atoms with Gasteiger partial charge >= 0.3 is 0 Å². The Hall–Kier alpha value is -1.00. The molecule has 0 spiro atoms. The molecule has 17 heavy (non-hydrogen) atoms. The molecule has 0 unspecified atom stereocenters. The maximum Gasteiger partial charge on any atom is 0.241 e. The number of hydrogen-bond donors (Lipinski definition) is 2. The normalized spacial score (nSPS) is 13.2. The fourth-order valence-electron chi connectivity index (χ4n) is 1.35. The summed E-state index contributed by atoms with van der Waals surface area (Å²) in [6.45, 7) is 5.87. The predicted octanol–water partition coefficient (Wildman–Crippen LogP) is 2.72. The van der Waals surface area contributed by atoms with Crippen LogP contribution in [0, 0.1) is 5.41 Å². The second-order valence-corrected chi connectivity index (χ2v) is 5.88. The third-order valence-electron chi connectivity index (χ3n) is 2.58. The molecule has 0 aliphatic heterocycles. The van der Waals surface area contributed by atoms with Crippen molar-refractivity contribution in [1.29, 1.82) is 0 Å². The Morgan fingerprint density at radius 1 is 1.35 bits per heavy atom. The Morgan fingerprint density at radius 3 is 2.47 bits per heavy atom. The van der Waals surface area contributed by atoms with Crippen LogP contribution in [0.5, 0.6) is 0 Å². The highest BCUT2D eigenvalue weighted by Gasteiger charge is 2.27. The fourth-order valence-corrected chi connectivity index (χ4v) is 1.91. The summed E-state index contributed by atoms with van der Waals surface area (Å²) in [7, 11) is 0. The van der Waals surface area contributed by atoms with Crippen LogP contribution in [0.25, 0.3) is 0 Å². The monoisotopic (exact) mass is 252 g/mol. The third kappa shape index (κ3) is 3.75. The van der Waals surface area contributed by atoms with Crippen LogP contribution in [0.15, 0.2) is 29.2 Å². The van der Waals surface area contributed by atoms with Gasteiger partial charge in [-0.05, 0) is 23.8 Å². The second-order valence-electron chi connectivity index (χ2n) is 5.03. The number of anilines is 1. The first-order valence-corrected chi connectivity index (χ1v) is 6.78. The van der Waals surface area contributed by atoms with Gasteiger partial charge in [-0.15, -0.1) is 11.8 Å². The van der Waals surface area contributed by atoms with E-state index < -0.39 is 6.04 Å². The van der Waals surface area contributed by atoms with Gasteiger partial charge in [0, 0.05) is 4.90 Å². The van der Waals surface area contributed by atoms with Crippen molar-refractivity contribution in [1.82, 2.24) is 0 Å². The van der Waals surface area contributed by atoms with E-state index >= 15 is 0 Å². The summed E-state index contributed by atoms with van der Waals surface area (Å²) < 4.78 is 0. The zero-order valence-electron chi connectivity index (χ0n) is 10.8. The standard InChI is InChI=1S/C13H20N2OS/c1-13(2,3)11(14)12(16)15-9-7-5-6-8-10(9)17-4/h5-8,11H,14H2,1-4H3,(H,15,16)/t11-/m0/s1. The van der Waals surface area contributed by atoms with Gasteiger partial charge < -0.3 is 11.1 Å². The van der Waals surface area contributed by atoms with E-state index in [0.29, 0.717) is 0 Å². The SMILES string of the molecule is CSc1ccccc1NC(=O)[C@H](N)C(C)(C)C. The largest absolute Gasteiger partial charge is 0.324 e. The van der Waals surface area contributed by atoms with E-state index in [1.807, 2.05) is 51.3 Å². The van der Waals surface area contributed by atoms with Crippen molar-refractivity contribution in [2.24, 2.45) is 11.1 Å². The Balaban J connectivity index is 2.81. The van der Waals surface area contributed by atoms with E-state index in [2.05, 4.69) is 5.32 Å². The summed E-state index contributed by atoms with van der Waals surface area (Å²) in [4.78, 5) is 13.0. The highest BCUT2D eigenvalue weighted by atomic mass is 32.2. The molecule has 1 amide bonds. The minimum Gasteiger partial charge on any atom is -0.324 e. The van der Waals surface area contributed by atoms with Crippen LogP contribution in [0.3, 0.4) is 0 Å². The molecule has 0 fully saturated rings. The lowest BCUT2D eigenvalue weighted by Gasteiger charge is -2.26. The zero-order valence-corrected chi connectivity index (χ0v) is 11.6. The fraction of sp³-hybridized carbons (Fsp3) is 0.462. The number of carbonyl (C=O) groups excluding carboxylic acids is 1. The molecular weight excluding hydrogens is 232 g/mol. The quantitative estimate of drug-likeness (QED) is 0.813. The van der Waals surface area contributed by atoms with Crippen molar-refractivity contribution in [3.05, 3.63) is 24.3 Å². The van der Waals surface area contributed by atoms with Crippen LogP contribution in [0.2, 0.25) is 0 Å². The Kier molecular flexibility index (Phi) is 4.60. The number of benzene rings is 1. The van der Waals surface area contributed by atoms with Crippen molar-refractivity contribution < 1.29 is 4.79 Å². The maximum absolute atomic E-state index is 12.0. The molecule has 1 aromatic carbocycles. The molecule has 0 heterocycles. The van der Waals surface area contributed by atoms with Crippen LogP contribution < -0.4 is 11.1 Å². The van der Waals surface area contributed by atoms with Crippen LogP contribution in [-0.2, 0) is 4.79 Å². The molecule has 0 radical (unpaired) electrons. The van der Waals surface area contributed by atoms with E-state index in [-0.39, 0.29) is 11.3 Å². The lowest BCUT2D eigenvalue weighted by Crippen LogP contribution is -2.45. The highest BCUT2D eigenvalue weighted by Crippen LogP contribution is 2.26. The van der Waals surface area contributed by atoms with Gasteiger partial charge in [0.1, 0.15) is 0 Å². The Bertz CT molecular complexity index is 399. The molecular formula is C13H20N2OS. The number of thioether (sulfide) groups is 1. The van der Waals surface area contributed by atoms with Crippen molar-refractivity contribution >= 4 is 23.4 Å². The molecule has 4 heteroatoms. The number of amides is 1. The zero-order chi connectivity index (χ0) is 13.1. The minimum atomic E-state index is -0.516. The number of nitrogens with two attached hydrogens (primary N) is 1. The molecule has 0 saturated carbocycles. The summed E-state index contributed by atoms with van der Waals surface area (Å²) in [5.74, 6) is -0.140. The molecule has 3 nitrogen and oxygen atoms in total. The van der Waals surface area contributed by atoms with Gasteiger partial charge in [-0.3, -0.25) is 4.79 Å². The maximum atomic E-state index is 12.0. The van der Waals surface area contributed by atoms with Crippen molar-refractivity contribution in [2.75, 3.05) is 11.6 Å². The molecule has 1 atom stereocenters. The van der Waals surface area contributed by atoms with E-state index in [4.69, 9.17) is 5.73 Å². The molecule has 0 aliphatic rings. The van der Waals surface area contributed by atoms with Crippen molar-refractivity contribution in [3.63, 3.8) is 0 Å². The van der Waals surface area contributed by atoms with Gasteiger partial charge in [-0.2, -0.15) is 0 Å². The highest BCUT2D eigenvalue weighted by molar-refractivity contribution is 7.98. The molecule has 0 aromatic heterocycles. The molecule has 1 rings (SSSR count). The average Bonchev–Trinajstić information content (AvgIpc) is 2.27. The average molecular weight is 252 g/mol. The molecule has 1 aromatic rings. The van der Waals surface area contributed by atoms with E-state index in [1.54, 1.807) is 11.8 Å².